The lowest BCUT2D eigenvalue weighted by Crippen LogP contribution is -2.41. The highest BCUT2D eigenvalue weighted by Gasteiger charge is 2.46. The summed E-state index contributed by atoms with van der Waals surface area (Å²) in [5, 5.41) is 3.13. The molecule has 0 unspecified atom stereocenters. The summed E-state index contributed by atoms with van der Waals surface area (Å²) in [6, 6.07) is 8.10. The quantitative estimate of drug-likeness (QED) is 0.367. The fourth-order valence-corrected chi connectivity index (χ4v) is 5.75. The van der Waals surface area contributed by atoms with Gasteiger partial charge in [0.1, 0.15) is 11.6 Å². The van der Waals surface area contributed by atoms with Crippen molar-refractivity contribution in [2.24, 2.45) is 5.92 Å². The summed E-state index contributed by atoms with van der Waals surface area (Å²) in [4.78, 5) is 39.3. The van der Waals surface area contributed by atoms with Gasteiger partial charge < -0.3 is 14.9 Å². The average Bonchev–Trinajstić information content (AvgIpc) is 3.83. The van der Waals surface area contributed by atoms with Gasteiger partial charge in [0, 0.05) is 46.9 Å². The van der Waals surface area contributed by atoms with Gasteiger partial charge in [-0.15, -0.1) is 0 Å². The van der Waals surface area contributed by atoms with Gasteiger partial charge in [-0.05, 0) is 55.4 Å². The molecule has 0 radical (unpaired) electrons. The SMILES string of the molecule is O=C1NC2(CC2)Cc2ccc(Cl)c(F)c2-c2cc(=O)n([C@@H](CC3CC3)c3ncc(-c4ccncc4)[nH]3)cc21. The molecule has 2 saturated carbocycles. The van der Waals surface area contributed by atoms with E-state index in [1.807, 2.05) is 12.1 Å². The molecule has 7 nitrogen and oxygen atoms in total. The molecule has 1 aromatic carbocycles. The van der Waals surface area contributed by atoms with Crippen LogP contribution in [0.25, 0.3) is 22.4 Å². The van der Waals surface area contributed by atoms with Gasteiger partial charge >= 0.3 is 0 Å². The number of hydrogen-bond acceptors (Lipinski definition) is 4. The normalized spacial score (nSPS) is 18.2. The number of hydrogen-bond donors (Lipinski definition) is 2. The Labute approximate surface area is 223 Å². The first kappa shape index (κ1) is 23.3. The second kappa shape index (κ2) is 8.63. The first-order valence-corrected chi connectivity index (χ1v) is 13.3. The molecule has 1 atom stereocenters. The molecule has 0 saturated heterocycles. The molecule has 1 amide bonds. The smallest absolute Gasteiger partial charge is 0.253 e. The second-order valence-electron chi connectivity index (χ2n) is 10.8. The molecule has 1 spiro atoms. The maximum atomic E-state index is 15.5. The van der Waals surface area contributed by atoms with E-state index in [1.165, 1.54) is 6.07 Å². The van der Waals surface area contributed by atoms with Gasteiger partial charge in [-0.2, -0.15) is 0 Å². The molecule has 3 aliphatic rings. The van der Waals surface area contributed by atoms with Crippen LogP contribution in [0, 0.1) is 11.7 Å². The Morgan fingerprint density at radius 1 is 1.13 bits per heavy atom. The third kappa shape index (κ3) is 4.04. The topological polar surface area (TPSA) is 92.7 Å². The van der Waals surface area contributed by atoms with Crippen LogP contribution in [0.15, 0.2) is 59.9 Å². The summed E-state index contributed by atoms with van der Waals surface area (Å²) in [6.45, 7) is 0. The number of carbonyl (C=O) groups is 1. The Morgan fingerprint density at radius 3 is 2.66 bits per heavy atom. The van der Waals surface area contributed by atoms with Gasteiger partial charge in [0.2, 0.25) is 0 Å². The predicted molar refractivity (Wildman–Crippen MR) is 142 cm³/mol. The molecular weight excluding hydrogens is 505 g/mol. The summed E-state index contributed by atoms with van der Waals surface area (Å²) in [7, 11) is 0. The lowest BCUT2D eigenvalue weighted by atomic mass is 9.89. The molecule has 4 aromatic rings. The monoisotopic (exact) mass is 529 g/mol. The van der Waals surface area contributed by atoms with E-state index in [0.717, 1.165) is 42.5 Å². The zero-order valence-corrected chi connectivity index (χ0v) is 21.3. The Bertz CT molecular complexity index is 1640. The van der Waals surface area contributed by atoms with E-state index < -0.39 is 17.4 Å². The van der Waals surface area contributed by atoms with Crippen LogP contribution < -0.4 is 10.9 Å². The predicted octanol–water partition coefficient (Wildman–Crippen LogP) is 5.30. The van der Waals surface area contributed by atoms with Crippen molar-refractivity contribution in [1.82, 2.24) is 24.8 Å². The highest BCUT2D eigenvalue weighted by molar-refractivity contribution is 6.31. The molecule has 0 bridgehead atoms. The van der Waals surface area contributed by atoms with Crippen LogP contribution in [0.1, 0.15) is 59.9 Å². The molecule has 2 aliphatic carbocycles. The van der Waals surface area contributed by atoms with Crippen molar-refractivity contribution >= 4 is 17.5 Å². The Hall–Kier alpha value is -3.78. The summed E-state index contributed by atoms with van der Waals surface area (Å²) < 4.78 is 17.1. The van der Waals surface area contributed by atoms with Crippen molar-refractivity contribution in [1.29, 1.82) is 0 Å². The number of H-pyrrole nitrogens is 1. The van der Waals surface area contributed by atoms with Crippen LogP contribution in [0.2, 0.25) is 5.02 Å². The number of pyridine rings is 2. The first-order chi connectivity index (χ1) is 18.4. The van der Waals surface area contributed by atoms with E-state index in [2.05, 4.69) is 20.3 Å². The van der Waals surface area contributed by atoms with Crippen molar-refractivity contribution in [3.8, 4) is 22.4 Å². The van der Waals surface area contributed by atoms with Gasteiger partial charge in [0.25, 0.3) is 11.5 Å². The van der Waals surface area contributed by atoms with Crippen molar-refractivity contribution in [3.05, 3.63) is 93.3 Å². The maximum Gasteiger partial charge on any atom is 0.253 e. The minimum absolute atomic E-state index is 0.0319. The number of aromatic nitrogens is 4. The van der Waals surface area contributed by atoms with Gasteiger partial charge in [-0.25, -0.2) is 9.37 Å². The number of carbonyl (C=O) groups excluding carboxylic acids is 1. The van der Waals surface area contributed by atoms with Crippen LogP contribution in [0.4, 0.5) is 4.39 Å². The van der Waals surface area contributed by atoms with Gasteiger partial charge in [-0.3, -0.25) is 14.6 Å². The van der Waals surface area contributed by atoms with E-state index in [4.69, 9.17) is 11.6 Å². The summed E-state index contributed by atoms with van der Waals surface area (Å²) >= 11 is 6.17. The maximum absolute atomic E-state index is 15.5. The lowest BCUT2D eigenvalue weighted by molar-refractivity contribution is 0.0930. The largest absolute Gasteiger partial charge is 0.346 e. The number of amides is 1. The zero-order valence-electron chi connectivity index (χ0n) is 20.5. The fourth-order valence-electron chi connectivity index (χ4n) is 5.59. The Kier molecular flexibility index (Phi) is 5.30. The minimum Gasteiger partial charge on any atom is -0.346 e. The number of rotatable bonds is 5. The molecule has 7 rings (SSSR count). The average molecular weight is 530 g/mol. The highest BCUT2D eigenvalue weighted by Crippen LogP contribution is 2.45. The van der Waals surface area contributed by atoms with Gasteiger partial charge in [-0.1, -0.05) is 30.5 Å². The molecular formula is C29H25ClFN5O2. The van der Waals surface area contributed by atoms with Crippen molar-refractivity contribution in [2.75, 3.05) is 0 Å². The first-order valence-electron chi connectivity index (χ1n) is 12.9. The molecule has 4 heterocycles. The number of aromatic amines is 1. The highest BCUT2D eigenvalue weighted by atomic mass is 35.5. The van der Waals surface area contributed by atoms with Crippen LogP contribution in [0.5, 0.6) is 0 Å². The third-order valence-corrected chi connectivity index (χ3v) is 8.32. The molecule has 3 aromatic heterocycles. The molecule has 9 heteroatoms. The van der Waals surface area contributed by atoms with Gasteiger partial charge in [0.05, 0.1) is 28.5 Å². The number of halogens is 2. The molecule has 2 fully saturated rings. The molecule has 1 aliphatic heterocycles. The van der Waals surface area contributed by atoms with Crippen LogP contribution in [-0.2, 0) is 6.42 Å². The fraction of sp³-hybridized carbons (Fsp3) is 0.310. The van der Waals surface area contributed by atoms with E-state index >= 15 is 4.39 Å². The van der Waals surface area contributed by atoms with Crippen molar-refractivity contribution in [2.45, 2.75) is 50.1 Å². The number of fused-ring (bicyclic) bond motifs is 3. The summed E-state index contributed by atoms with van der Waals surface area (Å²) in [5.74, 6) is 0.211. The number of nitrogens with zero attached hydrogens (tertiary/aromatic N) is 3. The Balaban J connectivity index is 1.38. The van der Waals surface area contributed by atoms with E-state index in [9.17, 15) is 9.59 Å². The summed E-state index contributed by atoms with van der Waals surface area (Å²) in [5.41, 5.74) is 2.57. The number of benzene rings is 1. The van der Waals surface area contributed by atoms with E-state index in [1.54, 1.807) is 41.5 Å². The lowest BCUT2D eigenvalue weighted by Gasteiger charge is -2.26. The third-order valence-electron chi connectivity index (χ3n) is 8.03. The zero-order chi connectivity index (χ0) is 26.0. The van der Waals surface area contributed by atoms with Crippen LogP contribution >= 0.6 is 11.6 Å². The van der Waals surface area contributed by atoms with E-state index in [0.29, 0.717) is 24.6 Å². The van der Waals surface area contributed by atoms with Crippen molar-refractivity contribution in [3.63, 3.8) is 0 Å². The summed E-state index contributed by atoms with van der Waals surface area (Å²) in [6.07, 6.45) is 11.8. The second-order valence-corrected chi connectivity index (χ2v) is 11.2. The standard InChI is InChI=1S/C29H25ClFN5O2/c30-21-4-3-18-13-29(7-8-29)35-28(38)20-15-36(24(37)12-19(20)25(18)26(21)31)23(11-16-1-2-16)27-33-14-22(34-27)17-5-9-32-10-6-17/h3-6,9-10,12,14-16,23H,1-2,7-8,11,13H2,(H,33,34)(H,35,38)/t23-/m0/s1. The van der Waals surface area contributed by atoms with Gasteiger partial charge in [0.15, 0.2) is 0 Å². The number of imidazole rings is 1. The molecule has 192 valence electrons. The van der Waals surface area contributed by atoms with E-state index in [-0.39, 0.29) is 33.2 Å². The number of nitrogens with one attached hydrogen (secondary N) is 2. The Morgan fingerprint density at radius 2 is 1.92 bits per heavy atom. The van der Waals surface area contributed by atoms with Crippen molar-refractivity contribution < 1.29 is 9.18 Å². The molecule has 38 heavy (non-hydrogen) atoms. The van der Waals surface area contributed by atoms with Crippen LogP contribution in [-0.4, -0.2) is 31.0 Å². The van der Waals surface area contributed by atoms with Crippen LogP contribution in [0.3, 0.4) is 0 Å². The minimum atomic E-state index is -0.601. The molecule has 2 N–H and O–H groups in total.